The zero-order valence-electron chi connectivity index (χ0n) is 14.6. The van der Waals surface area contributed by atoms with Gasteiger partial charge < -0.3 is 4.90 Å². The summed E-state index contributed by atoms with van der Waals surface area (Å²) in [5, 5.41) is 0. The quantitative estimate of drug-likeness (QED) is 0.727. The first-order chi connectivity index (χ1) is 11.9. The molecular weight excluding hydrogens is 356 g/mol. The van der Waals surface area contributed by atoms with Crippen molar-refractivity contribution in [3.63, 3.8) is 0 Å². The Balaban J connectivity index is 1.80. The van der Waals surface area contributed by atoms with E-state index in [4.69, 9.17) is 0 Å². The fourth-order valence-corrected chi connectivity index (χ4v) is 4.84. The summed E-state index contributed by atoms with van der Waals surface area (Å²) in [6.07, 6.45) is 1.74. The summed E-state index contributed by atoms with van der Waals surface area (Å²) < 4.78 is 27.3. The average molecular weight is 381 g/mol. The van der Waals surface area contributed by atoms with Gasteiger partial charge in [0.25, 0.3) is 0 Å². The third kappa shape index (κ3) is 6.26. The minimum Gasteiger partial charge on any atom is -0.342 e. The third-order valence-electron chi connectivity index (χ3n) is 3.84. The van der Waals surface area contributed by atoms with Crippen molar-refractivity contribution in [2.24, 2.45) is 0 Å². The summed E-state index contributed by atoms with van der Waals surface area (Å²) in [5.74, 6) is -0.0424. The minimum absolute atomic E-state index is 0.0424. The molecule has 0 fully saturated rings. The van der Waals surface area contributed by atoms with Gasteiger partial charge in [0.2, 0.25) is 15.9 Å². The average Bonchev–Trinajstić information content (AvgIpc) is 3.01. The van der Waals surface area contributed by atoms with E-state index in [0.29, 0.717) is 17.3 Å². The Morgan fingerprint density at radius 2 is 1.84 bits per heavy atom. The van der Waals surface area contributed by atoms with E-state index < -0.39 is 10.0 Å². The van der Waals surface area contributed by atoms with Crippen molar-refractivity contribution >= 4 is 27.3 Å². The second-order valence-corrected chi connectivity index (χ2v) is 9.14. The third-order valence-corrected chi connectivity index (χ3v) is 6.79. The van der Waals surface area contributed by atoms with E-state index in [1.807, 2.05) is 25.1 Å². The molecule has 1 N–H and O–H groups in total. The number of hydrogen-bond acceptors (Lipinski definition) is 4. The van der Waals surface area contributed by atoms with Crippen molar-refractivity contribution in [3.05, 3.63) is 52.9 Å². The van der Waals surface area contributed by atoms with Gasteiger partial charge in [-0.2, -0.15) is 0 Å². The van der Waals surface area contributed by atoms with E-state index in [2.05, 4.69) is 16.9 Å². The fourth-order valence-electron chi connectivity index (χ4n) is 2.49. The normalized spacial score (nSPS) is 11.4. The van der Waals surface area contributed by atoms with Crippen LogP contribution in [0.25, 0.3) is 0 Å². The van der Waals surface area contributed by atoms with Crippen molar-refractivity contribution in [1.29, 1.82) is 0 Å². The predicted molar refractivity (Wildman–Crippen MR) is 101 cm³/mol. The van der Waals surface area contributed by atoms with Crippen LogP contribution in [0.1, 0.15) is 23.8 Å². The lowest BCUT2D eigenvalue weighted by Gasteiger charge is -2.21. The van der Waals surface area contributed by atoms with E-state index in [1.54, 1.807) is 17.0 Å². The van der Waals surface area contributed by atoms with Gasteiger partial charge >= 0.3 is 0 Å². The van der Waals surface area contributed by atoms with Crippen molar-refractivity contribution in [1.82, 2.24) is 9.62 Å². The number of carbonyl (C=O) groups excluding carboxylic acids is 1. The number of sulfonamides is 1. The van der Waals surface area contributed by atoms with Gasteiger partial charge in [0, 0.05) is 31.4 Å². The molecule has 0 spiro atoms. The zero-order valence-corrected chi connectivity index (χ0v) is 16.2. The minimum atomic E-state index is -3.49. The summed E-state index contributed by atoms with van der Waals surface area (Å²) in [7, 11) is -3.49. The number of nitrogens with zero attached hydrogens (tertiary/aromatic N) is 1. The topological polar surface area (TPSA) is 66.5 Å². The van der Waals surface area contributed by atoms with Crippen molar-refractivity contribution in [3.8, 4) is 0 Å². The van der Waals surface area contributed by atoms with E-state index >= 15 is 0 Å². The van der Waals surface area contributed by atoms with Gasteiger partial charge in [0.1, 0.15) is 4.21 Å². The Morgan fingerprint density at radius 1 is 1.12 bits per heavy atom. The Kier molecular flexibility index (Phi) is 7.16. The van der Waals surface area contributed by atoms with Gasteiger partial charge in [-0.15, -0.1) is 11.3 Å². The van der Waals surface area contributed by atoms with Gasteiger partial charge in [-0.1, -0.05) is 30.3 Å². The Bertz CT molecular complexity index is 786. The smallest absolute Gasteiger partial charge is 0.250 e. The van der Waals surface area contributed by atoms with Crippen LogP contribution in [0, 0.1) is 6.92 Å². The molecular formula is C18H24N2O3S2. The second kappa shape index (κ2) is 9.12. The van der Waals surface area contributed by atoms with Crippen LogP contribution < -0.4 is 4.72 Å². The maximum Gasteiger partial charge on any atom is 0.250 e. The molecule has 1 aromatic heterocycles. The zero-order chi connectivity index (χ0) is 18.3. The molecule has 0 aliphatic carbocycles. The van der Waals surface area contributed by atoms with E-state index in [9.17, 15) is 13.2 Å². The lowest BCUT2D eigenvalue weighted by atomic mass is 10.1. The Morgan fingerprint density at radius 3 is 2.44 bits per heavy atom. The number of nitrogens with one attached hydrogen (secondary N) is 1. The van der Waals surface area contributed by atoms with Gasteiger partial charge in [0.15, 0.2) is 0 Å². The van der Waals surface area contributed by atoms with Crippen LogP contribution in [-0.4, -0.2) is 38.9 Å². The van der Waals surface area contributed by atoms with Crippen LogP contribution in [0.15, 0.2) is 46.7 Å². The van der Waals surface area contributed by atoms with Crippen LogP contribution in [0.5, 0.6) is 0 Å². The molecule has 0 aliphatic rings. The summed E-state index contributed by atoms with van der Waals surface area (Å²) in [6.45, 7) is 4.58. The number of carbonyl (C=O) groups is 1. The van der Waals surface area contributed by atoms with Gasteiger partial charge in [-0.25, -0.2) is 13.1 Å². The number of benzene rings is 1. The molecule has 2 rings (SSSR count). The van der Waals surface area contributed by atoms with Crippen molar-refractivity contribution < 1.29 is 13.2 Å². The largest absolute Gasteiger partial charge is 0.342 e. The molecule has 2 aromatic rings. The van der Waals surface area contributed by atoms with Crippen LogP contribution >= 0.6 is 11.3 Å². The number of rotatable bonds is 9. The highest BCUT2D eigenvalue weighted by Gasteiger charge is 2.16. The number of aryl methyl sites for hydroxylation is 2. The first-order valence-corrected chi connectivity index (χ1v) is 10.5. The van der Waals surface area contributed by atoms with Crippen molar-refractivity contribution in [2.75, 3.05) is 19.6 Å². The highest BCUT2D eigenvalue weighted by atomic mass is 32.2. The molecule has 0 saturated carbocycles. The van der Waals surface area contributed by atoms with E-state index in [0.717, 1.165) is 17.7 Å². The fraction of sp³-hybridized carbons (Fsp3) is 0.389. The maximum atomic E-state index is 12.2. The first kappa shape index (κ1) is 19.6. The highest BCUT2D eigenvalue weighted by Crippen LogP contribution is 2.20. The Hall–Kier alpha value is -1.70. The number of thiophene rings is 1. The molecule has 7 heteroatoms. The molecule has 1 heterocycles. The standard InChI is InChI=1S/C18H24N2O3S2/c1-15-10-11-18(24-15)25(22,23)19-12-14-20(16(2)21)13-6-9-17-7-4-3-5-8-17/h3-5,7-8,10-11,19H,6,9,12-14H2,1-2H3. The monoisotopic (exact) mass is 380 g/mol. The molecule has 0 bridgehead atoms. The first-order valence-electron chi connectivity index (χ1n) is 8.24. The molecule has 136 valence electrons. The number of amides is 1. The molecule has 0 aliphatic heterocycles. The van der Waals surface area contributed by atoms with Crippen LogP contribution in [0.4, 0.5) is 0 Å². The molecule has 1 amide bonds. The summed E-state index contributed by atoms with van der Waals surface area (Å²) >= 11 is 1.24. The molecule has 0 unspecified atom stereocenters. The van der Waals surface area contributed by atoms with Gasteiger partial charge in [-0.3, -0.25) is 4.79 Å². The summed E-state index contributed by atoms with van der Waals surface area (Å²) in [6, 6.07) is 13.5. The molecule has 0 atom stereocenters. The SMILES string of the molecule is CC(=O)N(CCCc1ccccc1)CCNS(=O)(=O)c1ccc(C)s1. The lowest BCUT2D eigenvalue weighted by Crippen LogP contribution is -2.38. The second-order valence-electron chi connectivity index (χ2n) is 5.86. The van der Waals surface area contributed by atoms with Crippen molar-refractivity contribution in [2.45, 2.75) is 30.9 Å². The Labute approximate surface area is 153 Å². The predicted octanol–water partition coefficient (Wildman–Crippen LogP) is 2.82. The molecule has 25 heavy (non-hydrogen) atoms. The number of hydrogen-bond donors (Lipinski definition) is 1. The lowest BCUT2D eigenvalue weighted by molar-refractivity contribution is -0.128. The van der Waals surface area contributed by atoms with Crippen LogP contribution in [-0.2, 0) is 21.2 Å². The highest BCUT2D eigenvalue weighted by molar-refractivity contribution is 7.91. The molecule has 0 radical (unpaired) electrons. The molecule has 5 nitrogen and oxygen atoms in total. The summed E-state index contributed by atoms with van der Waals surface area (Å²) in [5.41, 5.74) is 1.24. The van der Waals surface area contributed by atoms with Crippen LogP contribution in [0.2, 0.25) is 0 Å². The van der Waals surface area contributed by atoms with Gasteiger partial charge in [0.05, 0.1) is 0 Å². The van der Waals surface area contributed by atoms with E-state index in [-0.39, 0.29) is 12.5 Å². The van der Waals surface area contributed by atoms with Gasteiger partial charge in [-0.05, 0) is 37.5 Å². The van der Waals surface area contributed by atoms with E-state index in [1.165, 1.54) is 23.8 Å². The molecule has 0 saturated heterocycles. The summed E-state index contributed by atoms with van der Waals surface area (Å²) in [4.78, 5) is 14.4. The van der Waals surface area contributed by atoms with Crippen LogP contribution in [0.3, 0.4) is 0 Å². The molecule has 1 aromatic carbocycles. The maximum absolute atomic E-state index is 12.2.